The van der Waals surface area contributed by atoms with E-state index in [-0.39, 0.29) is 16.0 Å². The van der Waals surface area contributed by atoms with Crippen molar-refractivity contribution < 1.29 is 28.2 Å². The van der Waals surface area contributed by atoms with E-state index in [2.05, 4.69) is 10.2 Å². The predicted octanol–water partition coefficient (Wildman–Crippen LogP) is 4.05. The molecular formula is C20H18ClN3O6S. The van der Waals surface area contributed by atoms with Crippen LogP contribution in [0.4, 0.5) is 5.88 Å². The standard InChI is InChI=1S/C20H18ClN3O6S/c1-27-15-4-2-12(21)10-14(15)18-22-23-20(30-18)31-16(19(25)26)11-13-3-5-17(29-13)24-6-8-28-9-7-24/h2-5,10-11H,6-9H2,1H3,(H,25,26)/b16-11-. The van der Waals surface area contributed by atoms with Gasteiger partial charge in [0.25, 0.3) is 11.1 Å². The van der Waals surface area contributed by atoms with Gasteiger partial charge < -0.3 is 28.3 Å². The van der Waals surface area contributed by atoms with E-state index in [1.807, 2.05) is 4.90 Å². The number of rotatable bonds is 7. The number of halogens is 1. The van der Waals surface area contributed by atoms with Gasteiger partial charge in [0.05, 0.1) is 25.9 Å². The molecule has 3 heterocycles. The number of hydrogen-bond acceptors (Lipinski definition) is 9. The fraction of sp³-hybridized carbons (Fsp3) is 0.250. The number of carboxylic acid groups (broad SMARTS) is 1. The average molecular weight is 464 g/mol. The van der Waals surface area contributed by atoms with Crippen LogP contribution in [0.1, 0.15) is 5.76 Å². The van der Waals surface area contributed by atoms with Gasteiger partial charge in [-0.3, -0.25) is 0 Å². The highest BCUT2D eigenvalue weighted by Gasteiger charge is 2.20. The molecule has 1 fully saturated rings. The number of aromatic nitrogens is 2. The lowest BCUT2D eigenvalue weighted by Crippen LogP contribution is -2.35. The third-order valence-corrected chi connectivity index (χ3v) is 5.50. The molecule has 2 aromatic heterocycles. The van der Waals surface area contributed by atoms with Crippen LogP contribution in [0, 0.1) is 0 Å². The van der Waals surface area contributed by atoms with Gasteiger partial charge in [-0.2, -0.15) is 0 Å². The largest absolute Gasteiger partial charge is 0.496 e. The van der Waals surface area contributed by atoms with Gasteiger partial charge in [-0.05, 0) is 36.0 Å². The molecule has 0 radical (unpaired) electrons. The molecule has 9 nitrogen and oxygen atoms in total. The number of morpholine rings is 1. The number of carbonyl (C=O) groups is 1. The zero-order chi connectivity index (χ0) is 21.8. The van der Waals surface area contributed by atoms with Crippen LogP contribution in [-0.2, 0) is 9.53 Å². The number of nitrogens with zero attached hydrogens (tertiary/aromatic N) is 3. The normalized spacial score (nSPS) is 14.6. The summed E-state index contributed by atoms with van der Waals surface area (Å²) < 4.78 is 22.0. The molecule has 1 saturated heterocycles. The Labute approximate surface area is 186 Å². The van der Waals surface area contributed by atoms with Crippen molar-refractivity contribution in [3.05, 3.63) is 46.0 Å². The molecule has 1 N–H and O–H groups in total. The predicted molar refractivity (Wildman–Crippen MR) is 115 cm³/mol. The fourth-order valence-corrected chi connectivity index (χ4v) is 3.76. The summed E-state index contributed by atoms with van der Waals surface area (Å²) in [5, 5.41) is 18.1. The first-order valence-electron chi connectivity index (χ1n) is 9.26. The maximum absolute atomic E-state index is 11.8. The molecule has 11 heteroatoms. The number of ether oxygens (including phenoxy) is 2. The Morgan fingerprint density at radius 3 is 2.77 bits per heavy atom. The first-order valence-corrected chi connectivity index (χ1v) is 10.5. The lowest BCUT2D eigenvalue weighted by atomic mass is 10.2. The molecule has 3 aromatic rings. The van der Waals surface area contributed by atoms with E-state index in [1.165, 1.54) is 13.2 Å². The van der Waals surface area contributed by atoms with Gasteiger partial charge in [-0.15, -0.1) is 10.2 Å². The Morgan fingerprint density at radius 2 is 2.03 bits per heavy atom. The van der Waals surface area contributed by atoms with E-state index in [1.54, 1.807) is 30.3 Å². The Kier molecular flexibility index (Phi) is 6.50. The maximum Gasteiger partial charge on any atom is 0.342 e. The Balaban J connectivity index is 1.54. The first kappa shape index (κ1) is 21.3. The summed E-state index contributed by atoms with van der Waals surface area (Å²) in [7, 11) is 1.51. The van der Waals surface area contributed by atoms with Crippen molar-refractivity contribution >= 4 is 41.3 Å². The van der Waals surface area contributed by atoms with Gasteiger partial charge in [-0.1, -0.05) is 11.6 Å². The van der Waals surface area contributed by atoms with Gasteiger partial charge >= 0.3 is 5.97 Å². The highest BCUT2D eigenvalue weighted by Crippen LogP contribution is 2.35. The monoisotopic (exact) mass is 463 g/mol. The second-order valence-corrected chi connectivity index (χ2v) is 7.84. The lowest BCUT2D eigenvalue weighted by molar-refractivity contribution is -0.131. The van der Waals surface area contributed by atoms with Crippen molar-refractivity contribution in [3.63, 3.8) is 0 Å². The van der Waals surface area contributed by atoms with Crippen LogP contribution >= 0.6 is 23.4 Å². The molecule has 1 aromatic carbocycles. The quantitative estimate of drug-likeness (QED) is 0.407. The molecule has 0 aliphatic carbocycles. The second kappa shape index (κ2) is 9.46. The third kappa shape index (κ3) is 5.04. The number of hydrogen-bond donors (Lipinski definition) is 1. The van der Waals surface area contributed by atoms with Crippen LogP contribution in [0.15, 0.2) is 49.3 Å². The minimum absolute atomic E-state index is 0.0314. The second-order valence-electron chi connectivity index (χ2n) is 6.41. The highest BCUT2D eigenvalue weighted by molar-refractivity contribution is 8.03. The Hall–Kier alpha value is -2.95. The summed E-state index contributed by atoms with van der Waals surface area (Å²) >= 11 is 6.87. The molecule has 0 unspecified atom stereocenters. The molecule has 1 aliphatic rings. The number of benzene rings is 1. The van der Waals surface area contributed by atoms with E-state index >= 15 is 0 Å². The van der Waals surface area contributed by atoms with Crippen LogP contribution in [0.25, 0.3) is 17.5 Å². The summed E-state index contributed by atoms with van der Waals surface area (Å²) in [6.07, 6.45) is 1.42. The average Bonchev–Trinajstić information content (AvgIpc) is 3.44. The molecule has 0 spiro atoms. The molecule has 0 bridgehead atoms. The summed E-state index contributed by atoms with van der Waals surface area (Å²) in [5.41, 5.74) is 0.511. The van der Waals surface area contributed by atoms with Crippen LogP contribution in [0.5, 0.6) is 5.75 Å². The van der Waals surface area contributed by atoms with Gasteiger partial charge in [0.15, 0.2) is 5.88 Å². The summed E-state index contributed by atoms with van der Waals surface area (Å²) in [4.78, 5) is 13.8. The summed E-state index contributed by atoms with van der Waals surface area (Å²) in [6.45, 7) is 2.68. The molecular weight excluding hydrogens is 446 g/mol. The lowest BCUT2D eigenvalue weighted by Gasteiger charge is -2.26. The minimum atomic E-state index is -1.14. The van der Waals surface area contributed by atoms with Crippen molar-refractivity contribution in [3.8, 4) is 17.2 Å². The van der Waals surface area contributed by atoms with Gasteiger partial charge in [0.2, 0.25) is 0 Å². The van der Waals surface area contributed by atoms with Gasteiger partial charge in [0.1, 0.15) is 16.4 Å². The van der Waals surface area contributed by atoms with E-state index in [0.717, 1.165) is 24.9 Å². The Morgan fingerprint density at radius 1 is 1.23 bits per heavy atom. The number of anilines is 1. The SMILES string of the molecule is COc1ccc(Cl)cc1-c1nnc(S/C(=C\c2ccc(N3CCOCC3)o2)C(=O)O)o1. The van der Waals surface area contributed by atoms with Gasteiger partial charge in [0, 0.05) is 30.3 Å². The van der Waals surface area contributed by atoms with Crippen LogP contribution in [-0.4, -0.2) is 54.7 Å². The maximum atomic E-state index is 11.8. The molecule has 0 amide bonds. The number of aliphatic carboxylic acids is 1. The molecule has 0 saturated carbocycles. The summed E-state index contributed by atoms with van der Waals surface area (Å²) in [6, 6.07) is 8.50. The van der Waals surface area contributed by atoms with Crippen molar-refractivity contribution in [1.82, 2.24) is 10.2 Å². The topological polar surface area (TPSA) is 111 Å². The highest BCUT2D eigenvalue weighted by atomic mass is 35.5. The zero-order valence-electron chi connectivity index (χ0n) is 16.4. The zero-order valence-corrected chi connectivity index (χ0v) is 18.0. The summed E-state index contributed by atoms with van der Waals surface area (Å²) in [5.74, 6) is 0.596. The van der Waals surface area contributed by atoms with E-state index in [4.69, 9.17) is 29.9 Å². The van der Waals surface area contributed by atoms with Crippen molar-refractivity contribution in [2.24, 2.45) is 0 Å². The molecule has 0 atom stereocenters. The van der Waals surface area contributed by atoms with Crippen LogP contribution in [0.3, 0.4) is 0 Å². The smallest absolute Gasteiger partial charge is 0.342 e. The number of thioether (sulfide) groups is 1. The molecule has 162 valence electrons. The van der Waals surface area contributed by atoms with Gasteiger partial charge in [-0.25, -0.2) is 4.79 Å². The number of furan rings is 1. The fourth-order valence-electron chi connectivity index (χ4n) is 2.94. The third-order valence-electron chi connectivity index (χ3n) is 4.42. The van der Waals surface area contributed by atoms with Crippen molar-refractivity contribution in [2.75, 3.05) is 38.3 Å². The van der Waals surface area contributed by atoms with Crippen LogP contribution < -0.4 is 9.64 Å². The molecule has 4 rings (SSSR count). The number of carboxylic acids is 1. The van der Waals surface area contributed by atoms with E-state index < -0.39 is 5.97 Å². The Bertz CT molecular complexity index is 1110. The van der Waals surface area contributed by atoms with E-state index in [0.29, 0.717) is 41.2 Å². The van der Waals surface area contributed by atoms with Crippen molar-refractivity contribution in [1.29, 1.82) is 0 Å². The van der Waals surface area contributed by atoms with Crippen molar-refractivity contribution in [2.45, 2.75) is 5.22 Å². The molecule has 31 heavy (non-hydrogen) atoms. The minimum Gasteiger partial charge on any atom is -0.496 e. The first-order chi connectivity index (χ1) is 15.0. The van der Waals surface area contributed by atoms with Crippen LogP contribution in [0.2, 0.25) is 5.02 Å². The molecule has 1 aliphatic heterocycles. The number of methoxy groups -OCH3 is 1. The van der Waals surface area contributed by atoms with E-state index in [9.17, 15) is 9.90 Å².